The van der Waals surface area contributed by atoms with Gasteiger partial charge in [-0.15, -0.1) is 12.4 Å². The number of likely N-dealkylation sites (tertiary alicyclic amines) is 1. The highest BCUT2D eigenvalue weighted by molar-refractivity contribution is 5.85. The molecule has 1 heterocycles. The smallest absolute Gasteiger partial charge is 0.122 e. The van der Waals surface area contributed by atoms with Gasteiger partial charge in [0.2, 0.25) is 0 Å². The molecule has 0 amide bonds. The van der Waals surface area contributed by atoms with Crippen molar-refractivity contribution in [1.29, 1.82) is 0 Å². The van der Waals surface area contributed by atoms with E-state index in [1.165, 1.54) is 11.1 Å². The maximum absolute atomic E-state index is 5.91. The molecule has 0 spiro atoms. The number of rotatable bonds is 3. The number of methoxy groups -OCH3 is 1. The molecule has 1 aromatic rings. The number of nitrogens with two attached hydrogens (primary N) is 1. The van der Waals surface area contributed by atoms with Crippen LogP contribution in [-0.4, -0.2) is 31.1 Å². The Morgan fingerprint density at radius 2 is 2.00 bits per heavy atom. The number of hydrogen-bond donors (Lipinski definition) is 1. The fourth-order valence-corrected chi connectivity index (χ4v) is 2.33. The van der Waals surface area contributed by atoms with Gasteiger partial charge in [0.05, 0.1) is 7.11 Å². The van der Waals surface area contributed by atoms with Crippen molar-refractivity contribution in [2.24, 2.45) is 5.73 Å². The molecule has 0 aliphatic carbocycles. The molecule has 1 aromatic carbocycles. The second kappa shape index (κ2) is 6.98. The van der Waals surface area contributed by atoms with Gasteiger partial charge in [0.25, 0.3) is 0 Å². The molecule has 0 radical (unpaired) electrons. The summed E-state index contributed by atoms with van der Waals surface area (Å²) < 4.78 is 5.35. The highest BCUT2D eigenvalue weighted by Crippen LogP contribution is 2.21. The van der Waals surface area contributed by atoms with E-state index < -0.39 is 0 Å². The zero-order valence-corrected chi connectivity index (χ0v) is 12.0. The third-order valence-electron chi connectivity index (χ3n) is 3.51. The Labute approximate surface area is 116 Å². The summed E-state index contributed by atoms with van der Waals surface area (Å²) in [5.74, 6) is 0.983. The van der Waals surface area contributed by atoms with Crippen LogP contribution in [0.1, 0.15) is 24.0 Å². The summed E-state index contributed by atoms with van der Waals surface area (Å²) in [5, 5.41) is 0. The van der Waals surface area contributed by atoms with Crippen molar-refractivity contribution in [3.63, 3.8) is 0 Å². The lowest BCUT2D eigenvalue weighted by Crippen LogP contribution is -2.39. The Morgan fingerprint density at radius 3 is 2.61 bits per heavy atom. The quantitative estimate of drug-likeness (QED) is 0.916. The molecule has 0 bridgehead atoms. The normalized spacial score (nSPS) is 17.3. The van der Waals surface area contributed by atoms with Crippen molar-refractivity contribution in [2.75, 3.05) is 20.2 Å². The van der Waals surface area contributed by atoms with Crippen LogP contribution in [0.25, 0.3) is 0 Å². The molecule has 102 valence electrons. The molecule has 2 N–H and O–H groups in total. The fraction of sp³-hybridized carbons (Fsp3) is 0.571. The average Bonchev–Trinajstić information content (AvgIpc) is 2.34. The van der Waals surface area contributed by atoms with Crippen molar-refractivity contribution in [3.8, 4) is 5.75 Å². The van der Waals surface area contributed by atoms with Crippen molar-refractivity contribution in [2.45, 2.75) is 32.4 Å². The Kier molecular flexibility index (Phi) is 5.93. The molecular formula is C14H23ClN2O. The van der Waals surface area contributed by atoms with Crippen molar-refractivity contribution in [1.82, 2.24) is 4.90 Å². The number of aryl methyl sites for hydroxylation is 1. The minimum atomic E-state index is 0. The van der Waals surface area contributed by atoms with E-state index in [2.05, 4.69) is 30.0 Å². The molecule has 0 atom stereocenters. The maximum atomic E-state index is 5.91. The second-order valence-corrected chi connectivity index (χ2v) is 4.92. The van der Waals surface area contributed by atoms with Gasteiger partial charge in [-0.2, -0.15) is 0 Å². The van der Waals surface area contributed by atoms with Crippen molar-refractivity contribution in [3.05, 3.63) is 29.3 Å². The van der Waals surface area contributed by atoms with Crippen molar-refractivity contribution < 1.29 is 4.74 Å². The van der Waals surface area contributed by atoms with Crippen LogP contribution < -0.4 is 10.5 Å². The van der Waals surface area contributed by atoms with Gasteiger partial charge in [-0.05, 0) is 50.0 Å². The highest BCUT2D eigenvalue weighted by Gasteiger charge is 2.16. The summed E-state index contributed by atoms with van der Waals surface area (Å²) in [5.41, 5.74) is 8.42. The summed E-state index contributed by atoms with van der Waals surface area (Å²) in [4.78, 5) is 2.47. The molecule has 2 rings (SSSR count). The molecule has 1 aliphatic rings. The van der Waals surface area contributed by atoms with Crippen LogP contribution in [0.4, 0.5) is 0 Å². The SMILES string of the molecule is COc1cc(CN2CCC(N)CC2)ccc1C.Cl. The zero-order chi connectivity index (χ0) is 12.3. The first-order valence-corrected chi connectivity index (χ1v) is 6.30. The first-order chi connectivity index (χ1) is 8.19. The molecule has 0 unspecified atom stereocenters. The summed E-state index contributed by atoms with van der Waals surface area (Å²) >= 11 is 0. The lowest BCUT2D eigenvalue weighted by molar-refractivity contribution is 0.205. The van der Waals surface area contributed by atoms with Crippen LogP contribution in [0, 0.1) is 6.92 Å². The van der Waals surface area contributed by atoms with Crippen LogP contribution in [0.15, 0.2) is 18.2 Å². The number of ether oxygens (including phenoxy) is 1. The van der Waals surface area contributed by atoms with Gasteiger partial charge in [0.1, 0.15) is 5.75 Å². The number of piperidine rings is 1. The minimum absolute atomic E-state index is 0. The van der Waals surface area contributed by atoms with Gasteiger partial charge in [-0.3, -0.25) is 4.90 Å². The Balaban J connectivity index is 0.00000162. The third-order valence-corrected chi connectivity index (χ3v) is 3.51. The zero-order valence-electron chi connectivity index (χ0n) is 11.2. The standard InChI is InChI=1S/C14H22N2O.ClH/c1-11-3-4-12(9-14(11)17-2)10-16-7-5-13(15)6-8-16;/h3-4,9,13H,5-8,10,15H2,1-2H3;1H. The molecule has 1 aliphatic heterocycles. The molecule has 18 heavy (non-hydrogen) atoms. The number of benzene rings is 1. The van der Waals surface area contributed by atoms with Crippen LogP contribution in [0.2, 0.25) is 0 Å². The number of hydrogen-bond acceptors (Lipinski definition) is 3. The van der Waals surface area contributed by atoms with Crippen LogP contribution >= 0.6 is 12.4 Å². The lowest BCUT2D eigenvalue weighted by atomic mass is 10.0. The van der Waals surface area contributed by atoms with Gasteiger partial charge in [0, 0.05) is 12.6 Å². The molecule has 4 heteroatoms. The summed E-state index contributed by atoms with van der Waals surface area (Å²) in [6.07, 6.45) is 2.23. The third kappa shape index (κ3) is 3.87. The van der Waals surface area contributed by atoms with Crippen molar-refractivity contribution >= 4 is 12.4 Å². The van der Waals surface area contributed by atoms with E-state index in [0.29, 0.717) is 6.04 Å². The molecule has 0 aromatic heterocycles. The second-order valence-electron chi connectivity index (χ2n) is 4.92. The van der Waals surface area contributed by atoms with E-state index in [9.17, 15) is 0 Å². The monoisotopic (exact) mass is 270 g/mol. The van der Waals surface area contributed by atoms with E-state index >= 15 is 0 Å². The van der Waals surface area contributed by atoms with E-state index in [0.717, 1.165) is 38.2 Å². The van der Waals surface area contributed by atoms with Crippen LogP contribution in [0.3, 0.4) is 0 Å². The molecular weight excluding hydrogens is 248 g/mol. The van der Waals surface area contributed by atoms with Gasteiger partial charge >= 0.3 is 0 Å². The number of halogens is 1. The summed E-state index contributed by atoms with van der Waals surface area (Å²) in [6, 6.07) is 6.86. The van der Waals surface area contributed by atoms with E-state index in [4.69, 9.17) is 10.5 Å². The predicted molar refractivity (Wildman–Crippen MR) is 77.5 cm³/mol. The van der Waals surface area contributed by atoms with E-state index in [1.807, 2.05) is 0 Å². The van der Waals surface area contributed by atoms with E-state index in [-0.39, 0.29) is 12.4 Å². The molecule has 0 saturated carbocycles. The van der Waals surface area contributed by atoms with Gasteiger partial charge in [-0.1, -0.05) is 12.1 Å². The maximum Gasteiger partial charge on any atom is 0.122 e. The fourth-order valence-electron chi connectivity index (χ4n) is 2.33. The molecule has 3 nitrogen and oxygen atoms in total. The average molecular weight is 271 g/mol. The van der Waals surface area contributed by atoms with E-state index in [1.54, 1.807) is 7.11 Å². The lowest BCUT2D eigenvalue weighted by Gasteiger charge is -2.30. The largest absolute Gasteiger partial charge is 0.496 e. The van der Waals surface area contributed by atoms with Gasteiger partial charge < -0.3 is 10.5 Å². The summed E-state index contributed by atoms with van der Waals surface area (Å²) in [6.45, 7) is 5.29. The highest BCUT2D eigenvalue weighted by atomic mass is 35.5. The minimum Gasteiger partial charge on any atom is -0.496 e. The first-order valence-electron chi connectivity index (χ1n) is 6.30. The van der Waals surface area contributed by atoms with Gasteiger partial charge in [0.15, 0.2) is 0 Å². The predicted octanol–water partition coefficient (Wildman–Crippen LogP) is 2.35. The Morgan fingerprint density at radius 1 is 1.33 bits per heavy atom. The summed E-state index contributed by atoms with van der Waals surface area (Å²) in [7, 11) is 1.73. The number of nitrogens with zero attached hydrogens (tertiary/aromatic N) is 1. The Hall–Kier alpha value is -0.770. The first kappa shape index (κ1) is 15.3. The molecule has 1 fully saturated rings. The Bertz CT molecular complexity index is 376. The molecule has 1 saturated heterocycles. The van der Waals surface area contributed by atoms with Crippen LogP contribution in [0.5, 0.6) is 5.75 Å². The van der Waals surface area contributed by atoms with Crippen LogP contribution in [-0.2, 0) is 6.54 Å². The topological polar surface area (TPSA) is 38.5 Å². The van der Waals surface area contributed by atoms with Gasteiger partial charge in [-0.25, -0.2) is 0 Å².